The van der Waals surface area contributed by atoms with E-state index in [0.717, 1.165) is 5.56 Å². The van der Waals surface area contributed by atoms with Gasteiger partial charge in [0.2, 0.25) is 5.91 Å². The topological polar surface area (TPSA) is 96.0 Å². The molecule has 5 rings (SSSR count). The van der Waals surface area contributed by atoms with E-state index in [0.29, 0.717) is 54.1 Å². The Morgan fingerprint density at radius 2 is 1.43 bits per heavy atom. The van der Waals surface area contributed by atoms with Crippen molar-refractivity contribution in [3.8, 4) is 11.5 Å². The fourth-order valence-corrected chi connectivity index (χ4v) is 5.97. The van der Waals surface area contributed by atoms with Gasteiger partial charge in [-0.15, -0.1) is 0 Å². The first-order valence-electron chi connectivity index (χ1n) is 13.2. The van der Waals surface area contributed by atoms with Gasteiger partial charge in [-0.2, -0.15) is 0 Å². The zero-order valence-electron chi connectivity index (χ0n) is 22.4. The third-order valence-electron chi connectivity index (χ3n) is 6.77. The number of halogens is 2. The van der Waals surface area contributed by atoms with Gasteiger partial charge in [-0.05, 0) is 60.2 Å². The zero-order valence-corrected chi connectivity index (χ0v) is 24.7. The molecule has 4 aromatic rings. The van der Waals surface area contributed by atoms with Crippen molar-refractivity contribution in [2.75, 3.05) is 30.9 Å². The fraction of sp³-hybridized carbons (Fsp3) is 0.161. The van der Waals surface area contributed by atoms with Gasteiger partial charge in [-0.3, -0.25) is 14.3 Å². The van der Waals surface area contributed by atoms with Gasteiger partial charge in [0, 0.05) is 31.2 Å². The lowest BCUT2D eigenvalue weighted by Gasteiger charge is -2.35. The van der Waals surface area contributed by atoms with Crippen LogP contribution in [0.2, 0.25) is 10.0 Å². The monoisotopic (exact) mass is 623 g/mol. The Balaban J connectivity index is 1.26. The lowest BCUT2D eigenvalue weighted by atomic mass is 10.1. The molecule has 0 spiro atoms. The molecule has 0 atom stereocenters. The molecular formula is C31H27Cl2N3O5S. The molecule has 0 saturated carbocycles. The van der Waals surface area contributed by atoms with E-state index < -0.39 is 10.0 Å². The average Bonchev–Trinajstić information content (AvgIpc) is 2.99. The van der Waals surface area contributed by atoms with Crippen molar-refractivity contribution in [1.82, 2.24) is 9.80 Å². The third kappa shape index (κ3) is 7.05. The summed E-state index contributed by atoms with van der Waals surface area (Å²) in [6, 6.07) is 26.7. The van der Waals surface area contributed by atoms with Crippen molar-refractivity contribution in [2.45, 2.75) is 11.3 Å². The second-order valence-electron chi connectivity index (χ2n) is 9.63. The largest absolute Gasteiger partial charge is 0.456 e. The van der Waals surface area contributed by atoms with Crippen LogP contribution in [0, 0.1) is 0 Å². The summed E-state index contributed by atoms with van der Waals surface area (Å²) in [4.78, 5) is 29.6. The fourth-order valence-electron chi connectivity index (χ4n) is 4.54. The molecule has 216 valence electrons. The minimum atomic E-state index is -4.06. The van der Waals surface area contributed by atoms with Gasteiger partial charge in [0.25, 0.3) is 15.9 Å². The number of ether oxygens (including phenoxy) is 1. The minimum absolute atomic E-state index is 0.00668. The summed E-state index contributed by atoms with van der Waals surface area (Å²) < 4.78 is 34.8. The highest BCUT2D eigenvalue weighted by atomic mass is 35.5. The number of anilines is 1. The molecule has 42 heavy (non-hydrogen) atoms. The average molecular weight is 625 g/mol. The van der Waals surface area contributed by atoms with Crippen LogP contribution < -0.4 is 9.46 Å². The Hall–Kier alpha value is -4.05. The molecule has 8 nitrogen and oxygen atoms in total. The van der Waals surface area contributed by atoms with Crippen LogP contribution in [0.5, 0.6) is 11.5 Å². The summed E-state index contributed by atoms with van der Waals surface area (Å²) >= 11 is 12.3. The van der Waals surface area contributed by atoms with E-state index in [1.807, 2.05) is 30.3 Å². The number of carbonyl (C=O) groups is 2. The number of rotatable bonds is 8. The van der Waals surface area contributed by atoms with E-state index in [9.17, 15) is 18.0 Å². The number of benzene rings is 4. The molecule has 0 unspecified atom stereocenters. The quantitative estimate of drug-likeness (QED) is 0.255. The zero-order chi connectivity index (χ0) is 29.7. The number of para-hydroxylation sites is 1. The van der Waals surface area contributed by atoms with Gasteiger partial charge in [-0.25, -0.2) is 8.42 Å². The van der Waals surface area contributed by atoms with E-state index in [1.54, 1.807) is 34.1 Å². The molecule has 1 heterocycles. The Kier molecular flexibility index (Phi) is 9.01. The van der Waals surface area contributed by atoms with Crippen LogP contribution in [0.15, 0.2) is 102 Å². The number of nitrogens with one attached hydrogen (secondary N) is 1. The molecule has 1 N–H and O–H groups in total. The predicted octanol–water partition coefficient (Wildman–Crippen LogP) is 6.11. The van der Waals surface area contributed by atoms with Crippen LogP contribution >= 0.6 is 23.2 Å². The van der Waals surface area contributed by atoms with Crippen molar-refractivity contribution in [3.63, 3.8) is 0 Å². The molecule has 1 aliphatic heterocycles. The smallest absolute Gasteiger partial charge is 0.261 e. The van der Waals surface area contributed by atoms with Crippen LogP contribution in [-0.2, 0) is 21.2 Å². The van der Waals surface area contributed by atoms with Crippen molar-refractivity contribution >= 4 is 50.7 Å². The summed E-state index contributed by atoms with van der Waals surface area (Å²) in [5.41, 5.74) is 1.15. The van der Waals surface area contributed by atoms with E-state index in [1.165, 1.54) is 42.5 Å². The normalized spacial score (nSPS) is 13.5. The van der Waals surface area contributed by atoms with Crippen molar-refractivity contribution in [1.29, 1.82) is 0 Å². The number of hydrogen-bond acceptors (Lipinski definition) is 5. The first-order chi connectivity index (χ1) is 20.2. The first kappa shape index (κ1) is 29.4. The SMILES string of the molecule is O=C(Cc1ccccc1)N1CCN(C(=O)c2cc(Cl)ccc2NS(=O)(=O)c2ccc(Oc3ccccc3Cl)cc2)CC1. The number of hydrogen-bond donors (Lipinski definition) is 1. The van der Waals surface area contributed by atoms with Crippen LogP contribution in [0.4, 0.5) is 5.69 Å². The van der Waals surface area contributed by atoms with E-state index >= 15 is 0 Å². The summed E-state index contributed by atoms with van der Waals surface area (Å²) in [6.45, 7) is 1.37. The third-order valence-corrected chi connectivity index (χ3v) is 8.70. The Morgan fingerprint density at radius 1 is 0.786 bits per heavy atom. The number of piperazine rings is 1. The summed E-state index contributed by atoms with van der Waals surface area (Å²) in [5.74, 6) is 0.464. The summed E-state index contributed by atoms with van der Waals surface area (Å²) in [7, 11) is -4.06. The molecule has 0 aliphatic carbocycles. The van der Waals surface area contributed by atoms with Gasteiger partial charge < -0.3 is 14.5 Å². The standard InChI is InChI=1S/C31H27Cl2N3O5S/c32-23-10-15-28(34-42(39,40)25-13-11-24(12-14-25)41-29-9-5-4-8-27(29)33)26(21-23)31(38)36-18-16-35(17-19-36)30(37)20-22-6-2-1-3-7-22/h1-15,21,34H,16-20H2. The molecule has 1 saturated heterocycles. The van der Waals surface area contributed by atoms with Crippen LogP contribution in [0.1, 0.15) is 15.9 Å². The Morgan fingerprint density at radius 3 is 2.12 bits per heavy atom. The van der Waals surface area contributed by atoms with E-state index in [2.05, 4.69) is 4.72 Å². The van der Waals surface area contributed by atoms with Crippen LogP contribution in [-0.4, -0.2) is 56.2 Å². The van der Waals surface area contributed by atoms with E-state index in [-0.39, 0.29) is 28.0 Å². The molecule has 1 fully saturated rings. The van der Waals surface area contributed by atoms with Gasteiger partial charge in [0.1, 0.15) is 11.5 Å². The molecule has 0 radical (unpaired) electrons. The molecule has 0 bridgehead atoms. The maximum atomic E-state index is 13.5. The molecule has 0 aromatic heterocycles. The number of nitrogens with zero attached hydrogens (tertiary/aromatic N) is 2. The minimum Gasteiger partial charge on any atom is -0.456 e. The van der Waals surface area contributed by atoms with Gasteiger partial charge in [0.15, 0.2) is 0 Å². The molecule has 2 amide bonds. The highest BCUT2D eigenvalue weighted by molar-refractivity contribution is 7.92. The molecule has 11 heteroatoms. The van der Waals surface area contributed by atoms with Gasteiger partial charge in [-0.1, -0.05) is 65.7 Å². The molecule has 1 aliphatic rings. The van der Waals surface area contributed by atoms with Crippen LogP contribution in [0.25, 0.3) is 0 Å². The maximum absolute atomic E-state index is 13.5. The number of amides is 2. The highest BCUT2D eigenvalue weighted by Gasteiger charge is 2.27. The van der Waals surface area contributed by atoms with Crippen LogP contribution in [0.3, 0.4) is 0 Å². The Labute approximate surface area is 254 Å². The van der Waals surface area contributed by atoms with Crippen molar-refractivity contribution < 1.29 is 22.7 Å². The molecule has 4 aromatic carbocycles. The Bertz CT molecular complexity index is 1690. The van der Waals surface area contributed by atoms with Crippen molar-refractivity contribution in [3.05, 3.63) is 118 Å². The first-order valence-corrected chi connectivity index (χ1v) is 15.4. The number of carbonyl (C=O) groups excluding carboxylic acids is 2. The predicted molar refractivity (Wildman–Crippen MR) is 163 cm³/mol. The summed E-state index contributed by atoms with van der Waals surface area (Å²) in [5, 5.41) is 0.718. The van der Waals surface area contributed by atoms with Gasteiger partial charge in [0.05, 0.1) is 27.6 Å². The maximum Gasteiger partial charge on any atom is 0.261 e. The summed E-state index contributed by atoms with van der Waals surface area (Å²) in [6.07, 6.45) is 0.294. The second kappa shape index (κ2) is 12.9. The van der Waals surface area contributed by atoms with Crippen molar-refractivity contribution in [2.24, 2.45) is 0 Å². The lowest BCUT2D eigenvalue weighted by Crippen LogP contribution is -2.51. The molecular weight excluding hydrogens is 597 g/mol. The highest BCUT2D eigenvalue weighted by Crippen LogP contribution is 2.30. The lowest BCUT2D eigenvalue weighted by molar-refractivity contribution is -0.131. The van der Waals surface area contributed by atoms with Gasteiger partial charge >= 0.3 is 0 Å². The second-order valence-corrected chi connectivity index (χ2v) is 12.2. The number of sulfonamides is 1. The van der Waals surface area contributed by atoms with E-state index in [4.69, 9.17) is 27.9 Å².